The highest BCUT2D eigenvalue weighted by Gasteiger charge is 2.15. The van der Waals surface area contributed by atoms with Crippen LogP contribution in [0.3, 0.4) is 0 Å². The predicted octanol–water partition coefficient (Wildman–Crippen LogP) is 2.33. The maximum absolute atomic E-state index is 12.2. The van der Waals surface area contributed by atoms with Crippen LogP contribution in [0, 0.1) is 12.3 Å². The number of terminal acetylenes is 1. The van der Waals surface area contributed by atoms with Gasteiger partial charge in [-0.25, -0.2) is 0 Å². The van der Waals surface area contributed by atoms with Crippen LogP contribution in [0.25, 0.3) is 0 Å². The molecule has 2 rings (SSSR count). The Kier molecular flexibility index (Phi) is 4.81. The lowest BCUT2D eigenvalue weighted by Crippen LogP contribution is -2.30. The van der Waals surface area contributed by atoms with Gasteiger partial charge in [0.25, 0.3) is 11.8 Å². The van der Waals surface area contributed by atoms with Gasteiger partial charge in [-0.15, -0.1) is 17.8 Å². The molecule has 0 saturated carbocycles. The molecule has 1 unspecified atom stereocenters. The highest BCUT2D eigenvalue weighted by molar-refractivity contribution is 7.16. The molecule has 112 valence electrons. The van der Waals surface area contributed by atoms with Crippen LogP contribution in [-0.4, -0.2) is 17.9 Å². The molecule has 5 nitrogen and oxygen atoms in total. The first-order chi connectivity index (χ1) is 10.5. The third kappa shape index (κ3) is 3.65. The van der Waals surface area contributed by atoms with Crippen molar-refractivity contribution in [1.29, 1.82) is 0 Å². The minimum Gasteiger partial charge on any atom is -0.397 e. The largest absolute Gasteiger partial charge is 0.397 e. The number of nitrogens with two attached hydrogens (primary N) is 1. The zero-order valence-electron chi connectivity index (χ0n) is 11.9. The number of benzene rings is 1. The van der Waals surface area contributed by atoms with Gasteiger partial charge in [-0.1, -0.05) is 18.1 Å². The van der Waals surface area contributed by atoms with Crippen LogP contribution < -0.4 is 16.4 Å². The molecule has 0 aliphatic carbocycles. The Labute approximate surface area is 132 Å². The molecular formula is C16H15N3O2S. The molecule has 0 bridgehead atoms. The number of nitrogen functional groups attached to an aromatic ring is 1. The maximum atomic E-state index is 12.2. The quantitative estimate of drug-likeness (QED) is 0.598. The van der Waals surface area contributed by atoms with Crippen LogP contribution in [-0.2, 0) is 0 Å². The number of amides is 2. The third-order valence-electron chi connectivity index (χ3n) is 2.86. The molecule has 4 N–H and O–H groups in total. The number of carbonyl (C=O) groups is 2. The molecule has 0 saturated heterocycles. The van der Waals surface area contributed by atoms with Gasteiger partial charge in [0, 0.05) is 0 Å². The van der Waals surface area contributed by atoms with Gasteiger partial charge in [0.1, 0.15) is 0 Å². The van der Waals surface area contributed by atoms with E-state index >= 15 is 0 Å². The van der Waals surface area contributed by atoms with Crippen LogP contribution >= 0.6 is 11.3 Å². The van der Waals surface area contributed by atoms with Crippen molar-refractivity contribution in [2.24, 2.45) is 0 Å². The SMILES string of the molecule is C#CC(C)NC(=O)c1ccc(C(=O)Nc2ccccc2N)s1. The van der Waals surface area contributed by atoms with Crippen LogP contribution in [0.2, 0.25) is 0 Å². The fourth-order valence-corrected chi connectivity index (χ4v) is 2.49. The van der Waals surface area contributed by atoms with Gasteiger partial charge in [-0.3, -0.25) is 9.59 Å². The lowest BCUT2D eigenvalue weighted by Gasteiger charge is -2.06. The van der Waals surface area contributed by atoms with E-state index in [1.165, 1.54) is 0 Å². The summed E-state index contributed by atoms with van der Waals surface area (Å²) in [5.74, 6) is 1.80. The Hall–Kier alpha value is -2.78. The molecule has 1 aromatic carbocycles. The summed E-state index contributed by atoms with van der Waals surface area (Å²) >= 11 is 1.09. The summed E-state index contributed by atoms with van der Waals surface area (Å²) in [4.78, 5) is 24.9. The summed E-state index contributed by atoms with van der Waals surface area (Å²) < 4.78 is 0. The first-order valence-corrected chi connectivity index (χ1v) is 7.35. The first kappa shape index (κ1) is 15.6. The summed E-state index contributed by atoms with van der Waals surface area (Å²) in [7, 11) is 0. The predicted molar refractivity (Wildman–Crippen MR) is 88.9 cm³/mol. The minimum atomic E-state index is -0.365. The van der Waals surface area contributed by atoms with Gasteiger partial charge < -0.3 is 16.4 Å². The third-order valence-corrected chi connectivity index (χ3v) is 3.94. The Morgan fingerprint density at radius 3 is 2.45 bits per heavy atom. The number of hydrogen-bond donors (Lipinski definition) is 3. The number of anilines is 2. The monoisotopic (exact) mass is 313 g/mol. The number of nitrogens with one attached hydrogen (secondary N) is 2. The molecule has 0 radical (unpaired) electrons. The number of rotatable bonds is 4. The summed E-state index contributed by atoms with van der Waals surface area (Å²) in [5, 5.41) is 5.35. The highest BCUT2D eigenvalue weighted by atomic mass is 32.1. The molecule has 1 atom stereocenters. The molecule has 6 heteroatoms. The van der Waals surface area contributed by atoms with Crippen molar-refractivity contribution in [1.82, 2.24) is 5.32 Å². The summed E-state index contributed by atoms with van der Waals surface area (Å²) in [5.41, 5.74) is 6.79. The van der Waals surface area contributed by atoms with E-state index < -0.39 is 0 Å². The van der Waals surface area contributed by atoms with E-state index in [1.807, 2.05) is 0 Å². The molecule has 1 aromatic heterocycles. The van der Waals surface area contributed by atoms with E-state index in [0.717, 1.165) is 11.3 Å². The van der Waals surface area contributed by atoms with Crippen molar-refractivity contribution in [3.8, 4) is 12.3 Å². The Morgan fingerprint density at radius 1 is 1.18 bits per heavy atom. The van der Waals surface area contributed by atoms with Gasteiger partial charge in [-0.05, 0) is 31.2 Å². The Morgan fingerprint density at radius 2 is 1.82 bits per heavy atom. The summed E-state index contributed by atoms with van der Waals surface area (Å²) in [6.45, 7) is 1.71. The normalized spacial score (nSPS) is 11.3. The van der Waals surface area contributed by atoms with E-state index in [0.29, 0.717) is 21.1 Å². The van der Waals surface area contributed by atoms with Crippen molar-refractivity contribution in [2.45, 2.75) is 13.0 Å². The summed E-state index contributed by atoms with van der Waals surface area (Å²) in [6.07, 6.45) is 5.21. The van der Waals surface area contributed by atoms with Crippen molar-refractivity contribution < 1.29 is 9.59 Å². The molecule has 0 spiro atoms. The minimum absolute atomic E-state index is 0.297. The van der Waals surface area contributed by atoms with E-state index in [9.17, 15) is 9.59 Å². The second-order valence-corrected chi connectivity index (χ2v) is 5.65. The number of carbonyl (C=O) groups excluding carboxylic acids is 2. The second-order valence-electron chi connectivity index (χ2n) is 4.57. The average molecular weight is 313 g/mol. The molecule has 22 heavy (non-hydrogen) atoms. The Balaban J connectivity index is 2.08. The lowest BCUT2D eigenvalue weighted by atomic mass is 10.2. The zero-order chi connectivity index (χ0) is 16.1. The van der Waals surface area contributed by atoms with Gasteiger partial charge >= 0.3 is 0 Å². The summed E-state index contributed by atoms with van der Waals surface area (Å²) in [6, 6.07) is 9.79. The van der Waals surface area contributed by atoms with Crippen molar-refractivity contribution in [2.75, 3.05) is 11.1 Å². The van der Waals surface area contributed by atoms with Crippen LogP contribution in [0.5, 0.6) is 0 Å². The maximum Gasteiger partial charge on any atom is 0.265 e. The number of hydrogen-bond acceptors (Lipinski definition) is 4. The molecular weight excluding hydrogens is 298 g/mol. The molecule has 2 amide bonds. The van der Waals surface area contributed by atoms with Crippen LogP contribution in [0.1, 0.15) is 26.3 Å². The lowest BCUT2D eigenvalue weighted by molar-refractivity contribution is 0.0951. The van der Waals surface area contributed by atoms with E-state index in [2.05, 4.69) is 16.6 Å². The average Bonchev–Trinajstić information content (AvgIpc) is 2.99. The zero-order valence-corrected chi connectivity index (χ0v) is 12.7. The second kappa shape index (κ2) is 6.78. The Bertz CT molecular complexity index is 746. The first-order valence-electron chi connectivity index (χ1n) is 6.54. The fraction of sp³-hybridized carbons (Fsp3) is 0.125. The number of para-hydroxylation sites is 2. The van der Waals surface area contributed by atoms with Crippen LogP contribution in [0.4, 0.5) is 11.4 Å². The fourth-order valence-electron chi connectivity index (χ4n) is 1.69. The number of thiophene rings is 1. The van der Waals surface area contributed by atoms with Gasteiger partial charge in [-0.2, -0.15) is 0 Å². The highest BCUT2D eigenvalue weighted by Crippen LogP contribution is 2.21. The van der Waals surface area contributed by atoms with Crippen molar-refractivity contribution >= 4 is 34.5 Å². The van der Waals surface area contributed by atoms with E-state index in [-0.39, 0.29) is 17.9 Å². The smallest absolute Gasteiger partial charge is 0.265 e. The molecule has 1 heterocycles. The molecule has 2 aromatic rings. The standard InChI is InChI=1S/C16H15N3O2S/c1-3-10(2)18-15(20)13-8-9-14(22-13)16(21)19-12-7-5-4-6-11(12)17/h1,4-10H,17H2,2H3,(H,18,20)(H,19,21). The van der Waals surface area contributed by atoms with Crippen molar-refractivity contribution in [3.05, 3.63) is 46.2 Å². The molecule has 0 fully saturated rings. The van der Waals surface area contributed by atoms with Gasteiger partial charge in [0.15, 0.2) is 0 Å². The van der Waals surface area contributed by atoms with E-state index in [4.69, 9.17) is 12.2 Å². The molecule has 0 aliphatic rings. The molecule has 0 aliphatic heterocycles. The van der Waals surface area contributed by atoms with Gasteiger partial charge in [0.05, 0.1) is 27.2 Å². The topological polar surface area (TPSA) is 84.2 Å². The van der Waals surface area contributed by atoms with Gasteiger partial charge in [0.2, 0.25) is 0 Å². The van der Waals surface area contributed by atoms with Crippen molar-refractivity contribution in [3.63, 3.8) is 0 Å². The van der Waals surface area contributed by atoms with Crippen LogP contribution in [0.15, 0.2) is 36.4 Å². The van der Waals surface area contributed by atoms with E-state index in [1.54, 1.807) is 43.3 Å².